The van der Waals surface area contributed by atoms with Crippen molar-refractivity contribution >= 4 is 5.91 Å². The normalized spacial score (nSPS) is 10.2. The van der Waals surface area contributed by atoms with E-state index in [1.165, 1.54) is 5.56 Å². The second-order valence-corrected chi connectivity index (χ2v) is 4.79. The lowest BCUT2D eigenvalue weighted by Crippen LogP contribution is -2.22. The Morgan fingerprint density at radius 1 is 1.00 bits per heavy atom. The number of carbonyl (C=O) groups is 1. The number of phenols is 1. The van der Waals surface area contributed by atoms with E-state index in [0.717, 1.165) is 18.4 Å². The molecule has 3 heteroatoms. The van der Waals surface area contributed by atoms with Crippen LogP contribution in [-0.2, 0) is 17.8 Å². The van der Waals surface area contributed by atoms with Crippen molar-refractivity contribution in [2.24, 2.45) is 0 Å². The van der Waals surface area contributed by atoms with Crippen LogP contribution in [0.1, 0.15) is 24.0 Å². The van der Waals surface area contributed by atoms with Crippen LogP contribution in [0.2, 0.25) is 0 Å². The molecule has 0 radical (unpaired) electrons. The van der Waals surface area contributed by atoms with Crippen molar-refractivity contribution in [3.63, 3.8) is 0 Å². The fraction of sp³-hybridized carbons (Fsp3) is 0.235. The van der Waals surface area contributed by atoms with Crippen molar-refractivity contribution in [3.05, 3.63) is 65.7 Å². The van der Waals surface area contributed by atoms with Crippen LogP contribution in [0.3, 0.4) is 0 Å². The maximum atomic E-state index is 11.7. The van der Waals surface area contributed by atoms with E-state index in [4.69, 9.17) is 0 Å². The number of amides is 1. The summed E-state index contributed by atoms with van der Waals surface area (Å²) in [6.07, 6.45) is 2.28. The number of aromatic hydroxyl groups is 1. The van der Waals surface area contributed by atoms with Gasteiger partial charge < -0.3 is 10.4 Å². The number of benzene rings is 2. The molecule has 2 aromatic rings. The highest BCUT2D eigenvalue weighted by atomic mass is 16.3. The minimum absolute atomic E-state index is 0.0456. The summed E-state index contributed by atoms with van der Waals surface area (Å²) in [7, 11) is 0. The summed E-state index contributed by atoms with van der Waals surface area (Å²) < 4.78 is 0. The van der Waals surface area contributed by atoms with Gasteiger partial charge in [0.15, 0.2) is 0 Å². The van der Waals surface area contributed by atoms with Crippen molar-refractivity contribution in [1.29, 1.82) is 0 Å². The highest BCUT2D eigenvalue weighted by Gasteiger charge is 2.02. The Kier molecular flexibility index (Phi) is 5.18. The lowest BCUT2D eigenvalue weighted by molar-refractivity contribution is -0.121. The lowest BCUT2D eigenvalue weighted by Gasteiger charge is -2.06. The molecule has 0 heterocycles. The van der Waals surface area contributed by atoms with Crippen LogP contribution in [0.4, 0.5) is 0 Å². The molecule has 1 amide bonds. The second-order valence-electron chi connectivity index (χ2n) is 4.79. The van der Waals surface area contributed by atoms with Crippen LogP contribution in [0.25, 0.3) is 0 Å². The summed E-state index contributed by atoms with van der Waals surface area (Å²) in [5, 5.41) is 12.2. The molecule has 0 bridgehead atoms. The Labute approximate surface area is 119 Å². The van der Waals surface area contributed by atoms with Crippen molar-refractivity contribution in [2.75, 3.05) is 0 Å². The van der Waals surface area contributed by atoms with Gasteiger partial charge in [-0.1, -0.05) is 42.5 Å². The van der Waals surface area contributed by atoms with Crippen LogP contribution in [0.15, 0.2) is 54.6 Å². The summed E-state index contributed by atoms with van der Waals surface area (Å²) in [6.45, 7) is 0.457. The van der Waals surface area contributed by atoms with Gasteiger partial charge in [0.1, 0.15) is 5.75 Å². The molecule has 0 saturated heterocycles. The number of phenolic OH excluding ortho intramolecular Hbond substituents is 1. The molecule has 3 nitrogen and oxygen atoms in total. The highest BCUT2D eigenvalue weighted by molar-refractivity contribution is 5.75. The molecule has 0 aliphatic heterocycles. The molecule has 0 fully saturated rings. The Bertz CT molecular complexity index is 552. The van der Waals surface area contributed by atoms with Gasteiger partial charge in [-0.3, -0.25) is 4.79 Å². The zero-order valence-corrected chi connectivity index (χ0v) is 11.4. The summed E-state index contributed by atoms with van der Waals surface area (Å²) in [4.78, 5) is 11.7. The topological polar surface area (TPSA) is 49.3 Å². The minimum Gasteiger partial charge on any atom is -0.508 e. The molecule has 2 rings (SSSR count). The zero-order chi connectivity index (χ0) is 14.2. The van der Waals surface area contributed by atoms with E-state index in [0.29, 0.717) is 13.0 Å². The minimum atomic E-state index is 0.0456. The van der Waals surface area contributed by atoms with Crippen LogP contribution in [0, 0.1) is 0 Å². The van der Waals surface area contributed by atoms with Crippen molar-refractivity contribution < 1.29 is 9.90 Å². The first-order chi connectivity index (χ1) is 9.74. The quantitative estimate of drug-likeness (QED) is 0.847. The first-order valence-electron chi connectivity index (χ1n) is 6.82. The monoisotopic (exact) mass is 269 g/mol. The SMILES string of the molecule is O=C(CCCc1ccccc1)NCc1cccc(O)c1. The van der Waals surface area contributed by atoms with E-state index < -0.39 is 0 Å². The Morgan fingerprint density at radius 3 is 2.50 bits per heavy atom. The van der Waals surface area contributed by atoms with Crippen LogP contribution in [0.5, 0.6) is 5.75 Å². The number of rotatable bonds is 6. The fourth-order valence-corrected chi connectivity index (χ4v) is 2.05. The smallest absolute Gasteiger partial charge is 0.220 e. The number of nitrogens with one attached hydrogen (secondary N) is 1. The second kappa shape index (κ2) is 7.34. The number of hydrogen-bond donors (Lipinski definition) is 2. The van der Waals surface area contributed by atoms with Crippen LogP contribution >= 0.6 is 0 Å². The van der Waals surface area contributed by atoms with Crippen LogP contribution < -0.4 is 5.32 Å². The maximum Gasteiger partial charge on any atom is 0.220 e. The summed E-state index contributed by atoms with van der Waals surface area (Å²) >= 11 is 0. The molecule has 104 valence electrons. The van der Waals surface area contributed by atoms with Gasteiger partial charge in [-0.05, 0) is 36.1 Å². The molecule has 0 unspecified atom stereocenters. The molecule has 0 aromatic heterocycles. The number of hydrogen-bond acceptors (Lipinski definition) is 2. The molecule has 0 aliphatic carbocycles. The van der Waals surface area contributed by atoms with Gasteiger partial charge in [-0.25, -0.2) is 0 Å². The first kappa shape index (κ1) is 14.1. The average molecular weight is 269 g/mol. The van der Waals surface area contributed by atoms with E-state index >= 15 is 0 Å². The average Bonchev–Trinajstić information content (AvgIpc) is 2.46. The Balaban J connectivity index is 1.68. The molecular formula is C17H19NO2. The largest absolute Gasteiger partial charge is 0.508 e. The third-order valence-electron chi connectivity index (χ3n) is 3.11. The molecule has 0 spiro atoms. The van der Waals surface area contributed by atoms with E-state index in [9.17, 15) is 9.90 Å². The summed E-state index contributed by atoms with van der Waals surface area (Å²) in [6, 6.07) is 17.1. The van der Waals surface area contributed by atoms with Gasteiger partial charge in [-0.2, -0.15) is 0 Å². The maximum absolute atomic E-state index is 11.7. The number of carbonyl (C=O) groups excluding carboxylic acids is 1. The first-order valence-corrected chi connectivity index (χ1v) is 6.82. The molecule has 0 atom stereocenters. The van der Waals surface area contributed by atoms with Gasteiger partial charge in [0.05, 0.1) is 0 Å². The van der Waals surface area contributed by atoms with Crippen LogP contribution in [-0.4, -0.2) is 11.0 Å². The molecular weight excluding hydrogens is 250 g/mol. The third-order valence-corrected chi connectivity index (χ3v) is 3.11. The molecule has 2 aromatic carbocycles. The predicted molar refractivity (Wildman–Crippen MR) is 79.3 cm³/mol. The standard InChI is InChI=1S/C17H19NO2/c19-16-10-4-9-15(12-16)13-18-17(20)11-5-8-14-6-2-1-3-7-14/h1-4,6-7,9-10,12,19H,5,8,11,13H2,(H,18,20). The lowest BCUT2D eigenvalue weighted by atomic mass is 10.1. The number of aryl methyl sites for hydroxylation is 1. The van der Waals surface area contributed by atoms with Gasteiger partial charge in [0, 0.05) is 13.0 Å². The van der Waals surface area contributed by atoms with E-state index in [1.807, 2.05) is 24.3 Å². The van der Waals surface area contributed by atoms with E-state index in [-0.39, 0.29) is 11.7 Å². The Morgan fingerprint density at radius 2 is 1.75 bits per heavy atom. The summed E-state index contributed by atoms with van der Waals surface area (Å²) in [5.74, 6) is 0.269. The predicted octanol–water partition coefficient (Wildman–Crippen LogP) is 3.03. The summed E-state index contributed by atoms with van der Waals surface area (Å²) in [5.41, 5.74) is 2.16. The fourth-order valence-electron chi connectivity index (χ4n) is 2.05. The van der Waals surface area contributed by atoms with Crippen molar-refractivity contribution in [2.45, 2.75) is 25.8 Å². The van der Waals surface area contributed by atoms with E-state index in [1.54, 1.807) is 18.2 Å². The Hall–Kier alpha value is -2.29. The van der Waals surface area contributed by atoms with Crippen molar-refractivity contribution in [3.8, 4) is 5.75 Å². The van der Waals surface area contributed by atoms with Gasteiger partial charge in [-0.15, -0.1) is 0 Å². The van der Waals surface area contributed by atoms with Gasteiger partial charge in [0.2, 0.25) is 5.91 Å². The molecule has 20 heavy (non-hydrogen) atoms. The van der Waals surface area contributed by atoms with Gasteiger partial charge >= 0.3 is 0 Å². The van der Waals surface area contributed by atoms with Gasteiger partial charge in [0.25, 0.3) is 0 Å². The third kappa shape index (κ3) is 4.76. The molecule has 0 aliphatic rings. The molecule has 0 saturated carbocycles. The highest BCUT2D eigenvalue weighted by Crippen LogP contribution is 2.10. The zero-order valence-electron chi connectivity index (χ0n) is 11.4. The van der Waals surface area contributed by atoms with Crippen molar-refractivity contribution in [1.82, 2.24) is 5.32 Å². The van der Waals surface area contributed by atoms with E-state index in [2.05, 4.69) is 17.4 Å². The molecule has 2 N–H and O–H groups in total.